The molecule has 0 aliphatic heterocycles. The molecule has 4 nitrogen and oxygen atoms in total. The summed E-state index contributed by atoms with van der Waals surface area (Å²) in [5.41, 5.74) is -0.402. The molecular formula is C19H21Cl2FN2O2. The molecule has 0 spiro atoms. The van der Waals surface area contributed by atoms with Crippen molar-refractivity contribution in [2.45, 2.75) is 43.4 Å². The van der Waals surface area contributed by atoms with Crippen molar-refractivity contribution in [2.24, 2.45) is 17.3 Å². The Hall–Kier alpha value is -1.33. The largest absolute Gasteiger partial charge is 0.347 e. The van der Waals surface area contributed by atoms with Crippen LogP contribution in [0.2, 0.25) is 5.02 Å². The highest BCUT2D eigenvalue weighted by Crippen LogP contribution is 2.63. The Kier molecular flexibility index (Phi) is 4.43. The summed E-state index contributed by atoms with van der Waals surface area (Å²) in [6, 6.07) is 4.02. The summed E-state index contributed by atoms with van der Waals surface area (Å²) in [6.07, 6.45) is 5.56. The average molecular weight is 399 g/mol. The van der Waals surface area contributed by atoms with E-state index in [-0.39, 0.29) is 28.0 Å². The van der Waals surface area contributed by atoms with Crippen LogP contribution in [0.4, 0.5) is 10.1 Å². The number of hydrogen-bond donors (Lipinski definition) is 2. The van der Waals surface area contributed by atoms with Crippen LogP contribution in [-0.2, 0) is 9.59 Å². The summed E-state index contributed by atoms with van der Waals surface area (Å²) >= 11 is 12.4. The lowest BCUT2D eigenvalue weighted by Crippen LogP contribution is -2.58. The van der Waals surface area contributed by atoms with Crippen LogP contribution in [0.3, 0.4) is 0 Å². The van der Waals surface area contributed by atoms with Crippen molar-refractivity contribution < 1.29 is 14.0 Å². The number of alkyl halides is 1. The van der Waals surface area contributed by atoms with Crippen LogP contribution >= 0.6 is 23.2 Å². The van der Waals surface area contributed by atoms with E-state index >= 15 is 0 Å². The van der Waals surface area contributed by atoms with Gasteiger partial charge in [0.15, 0.2) is 0 Å². The molecule has 4 atom stereocenters. The second-order valence-electron chi connectivity index (χ2n) is 8.25. The van der Waals surface area contributed by atoms with Crippen molar-refractivity contribution in [3.05, 3.63) is 29.0 Å². The maximum absolute atomic E-state index is 13.8. The number of rotatable bonds is 4. The molecule has 2 amide bonds. The van der Waals surface area contributed by atoms with Crippen molar-refractivity contribution in [1.82, 2.24) is 5.32 Å². The molecule has 4 saturated carbocycles. The maximum atomic E-state index is 13.8. The predicted molar refractivity (Wildman–Crippen MR) is 98.7 cm³/mol. The van der Waals surface area contributed by atoms with E-state index < -0.39 is 17.1 Å². The molecule has 4 aliphatic carbocycles. The zero-order valence-electron chi connectivity index (χ0n) is 14.3. The molecule has 0 aromatic heterocycles. The molecule has 0 heterocycles. The molecular weight excluding hydrogens is 378 g/mol. The highest BCUT2D eigenvalue weighted by Gasteiger charge is 2.60. The van der Waals surface area contributed by atoms with Crippen molar-refractivity contribution in [2.75, 3.05) is 11.9 Å². The first-order valence-electron chi connectivity index (χ1n) is 8.99. The number of anilines is 1. The van der Waals surface area contributed by atoms with E-state index in [1.165, 1.54) is 18.6 Å². The number of amides is 2. The van der Waals surface area contributed by atoms with Gasteiger partial charge in [-0.1, -0.05) is 11.6 Å². The van der Waals surface area contributed by atoms with Gasteiger partial charge in [-0.2, -0.15) is 0 Å². The van der Waals surface area contributed by atoms with Crippen molar-refractivity contribution in [3.63, 3.8) is 0 Å². The lowest BCUT2D eigenvalue weighted by Gasteiger charge is -2.59. The van der Waals surface area contributed by atoms with Crippen molar-refractivity contribution >= 4 is 40.7 Å². The molecule has 4 aliphatic rings. The third-order valence-electron chi connectivity index (χ3n) is 6.09. The summed E-state index contributed by atoms with van der Waals surface area (Å²) in [7, 11) is 0. The fraction of sp³-hybridized carbons (Fsp3) is 0.579. The molecule has 1 aromatic carbocycles. The molecule has 0 radical (unpaired) electrons. The second kappa shape index (κ2) is 6.38. The van der Waals surface area contributed by atoms with Gasteiger partial charge in [-0.15, -0.1) is 11.6 Å². The van der Waals surface area contributed by atoms with Gasteiger partial charge in [-0.05, 0) is 68.6 Å². The van der Waals surface area contributed by atoms with Gasteiger partial charge in [0, 0.05) is 9.90 Å². The maximum Gasteiger partial charge on any atom is 0.243 e. The van der Waals surface area contributed by atoms with Gasteiger partial charge >= 0.3 is 0 Å². The van der Waals surface area contributed by atoms with Gasteiger partial charge in [0.1, 0.15) is 5.82 Å². The van der Waals surface area contributed by atoms with Crippen LogP contribution in [-0.4, -0.2) is 23.2 Å². The molecule has 4 fully saturated rings. The Balaban J connectivity index is 1.37. The second-order valence-corrected chi connectivity index (χ2v) is 9.49. The van der Waals surface area contributed by atoms with E-state index in [1.807, 2.05) is 0 Å². The van der Waals surface area contributed by atoms with Gasteiger partial charge in [-0.25, -0.2) is 4.39 Å². The first kappa shape index (κ1) is 18.1. The molecule has 26 heavy (non-hydrogen) atoms. The molecule has 7 heteroatoms. The number of carbonyl (C=O) groups is 2. The fourth-order valence-electron chi connectivity index (χ4n) is 5.55. The third kappa shape index (κ3) is 3.31. The summed E-state index contributed by atoms with van der Waals surface area (Å²) in [5, 5.41) is 5.47. The standard InChI is InChI=1S/C19H21Cl2FN2O2/c20-13-1-2-15(14(22)4-13)24-16(25)9-23-17(26)18-5-11-3-12(6-18)8-19(21,7-11)10-18/h1-2,4,11-12H,3,5-10H2,(H,23,26)(H,24,25)/t11-,12+,18?,19?. The minimum absolute atomic E-state index is 0.0446. The Labute approximate surface area is 161 Å². The van der Waals surface area contributed by atoms with Crippen LogP contribution in [0, 0.1) is 23.1 Å². The molecule has 2 N–H and O–H groups in total. The summed E-state index contributed by atoms with van der Waals surface area (Å²) in [4.78, 5) is 24.7. The minimum atomic E-state index is -0.609. The van der Waals surface area contributed by atoms with Crippen LogP contribution in [0.1, 0.15) is 38.5 Å². The number of carbonyl (C=O) groups excluding carboxylic acids is 2. The summed E-state index contributed by atoms with van der Waals surface area (Å²) in [5.74, 6) is -0.149. The SMILES string of the molecule is O=C(CNC(=O)C12C[C@@H]3C[C@@H](CC(Cl)(C3)C1)C2)Nc1ccc(Cl)cc1F. The smallest absolute Gasteiger partial charge is 0.243 e. The van der Waals surface area contributed by atoms with Crippen LogP contribution in [0.15, 0.2) is 18.2 Å². The fourth-order valence-corrected chi connectivity index (χ4v) is 6.40. The summed E-state index contributed by atoms with van der Waals surface area (Å²) in [6.45, 7) is -0.187. The highest BCUT2D eigenvalue weighted by atomic mass is 35.5. The minimum Gasteiger partial charge on any atom is -0.347 e. The zero-order valence-corrected chi connectivity index (χ0v) is 15.8. The van der Waals surface area contributed by atoms with Crippen LogP contribution in [0.5, 0.6) is 0 Å². The van der Waals surface area contributed by atoms with E-state index in [0.29, 0.717) is 18.3 Å². The number of nitrogens with one attached hydrogen (secondary N) is 2. The lowest BCUT2D eigenvalue weighted by molar-refractivity contribution is -0.145. The Morgan fingerprint density at radius 1 is 1.19 bits per heavy atom. The van der Waals surface area contributed by atoms with E-state index in [4.69, 9.17) is 23.2 Å². The van der Waals surface area contributed by atoms with Gasteiger partial charge in [0.25, 0.3) is 0 Å². The Morgan fingerprint density at radius 3 is 2.50 bits per heavy atom. The van der Waals surface area contributed by atoms with E-state index in [0.717, 1.165) is 31.7 Å². The van der Waals surface area contributed by atoms with Gasteiger partial charge in [0.2, 0.25) is 11.8 Å². The number of hydrogen-bond acceptors (Lipinski definition) is 2. The van der Waals surface area contributed by atoms with Gasteiger partial charge in [0.05, 0.1) is 17.6 Å². The Morgan fingerprint density at radius 2 is 1.88 bits per heavy atom. The van der Waals surface area contributed by atoms with Crippen LogP contribution in [0.25, 0.3) is 0 Å². The van der Waals surface area contributed by atoms with Crippen molar-refractivity contribution in [1.29, 1.82) is 0 Å². The third-order valence-corrected chi connectivity index (χ3v) is 6.76. The van der Waals surface area contributed by atoms with Gasteiger partial charge < -0.3 is 10.6 Å². The molecule has 0 saturated heterocycles. The van der Waals surface area contributed by atoms with Crippen LogP contribution < -0.4 is 10.6 Å². The predicted octanol–water partition coefficient (Wildman–Crippen LogP) is 4.11. The van der Waals surface area contributed by atoms with Crippen molar-refractivity contribution in [3.8, 4) is 0 Å². The van der Waals surface area contributed by atoms with E-state index in [2.05, 4.69) is 10.6 Å². The first-order valence-corrected chi connectivity index (χ1v) is 9.75. The summed E-state index contributed by atoms with van der Waals surface area (Å²) < 4.78 is 13.8. The lowest BCUT2D eigenvalue weighted by atomic mass is 9.49. The number of halogens is 3. The molecule has 4 bridgehead atoms. The molecule has 2 unspecified atom stereocenters. The van der Waals surface area contributed by atoms with Gasteiger partial charge in [-0.3, -0.25) is 9.59 Å². The van der Waals surface area contributed by atoms with E-state index in [9.17, 15) is 14.0 Å². The topological polar surface area (TPSA) is 58.2 Å². The monoisotopic (exact) mass is 398 g/mol. The van der Waals surface area contributed by atoms with E-state index in [1.54, 1.807) is 0 Å². The normalized spacial score (nSPS) is 34.6. The number of benzene rings is 1. The Bertz CT molecular complexity index is 756. The highest BCUT2D eigenvalue weighted by molar-refractivity contribution is 6.30. The average Bonchev–Trinajstić information content (AvgIpc) is 2.53. The molecule has 140 valence electrons. The molecule has 1 aromatic rings. The zero-order chi connectivity index (χ0) is 18.5. The molecule has 5 rings (SSSR count). The first-order chi connectivity index (χ1) is 12.3. The quantitative estimate of drug-likeness (QED) is 0.749.